The standard InChI is InChI=1S/C18H30N8O8/c1-25-4-7(28)10-11(16(25)31)23-18(22-10)24-15-12(26(2)9(29)3-21-6-19)13(30)14(34-17(20)32)8(5-27)33-15/h6-8,10-15,27-28,30H,3-5H2,1-2H3,(H2,19,21)(H2,20,32)(H2,22,23,24)/t7-,8-,10-,11+,12-,13-,14-,15-/m1/s1. The van der Waals surface area contributed by atoms with Gasteiger partial charge in [0.25, 0.3) is 0 Å². The summed E-state index contributed by atoms with van der Waals surface area (Å²) in [6.07, 6.45) is -6.47. The van der Waals surface area contributed by atoms with Gasteiger partial charge in [0.2, 0.25) is 11.8 Å². The number of piperidine rings is 1. The second-order valence-electron chi connectivity index (χ2n) is 8.18. The summed E-state index contributed by atoms with van der Waals surface area (Å²) < 4.78 is 10.8. The maximum absolute atomic E-state index is 12.6. The van der Waals surface area contributed by atoms with E-state index in [2.05, 4.69) is 20.6 Å². The number of β-amino-alcohol motifs (C(OH)–C–C–N with tert-alkyl or cyclic N) is 1. The molecule has 2 saturated heterocycles. The summed E-state index contributed by atoms with van der Waals surface area (Å²) in [6, 6.07) is -2.75. The van der Waals surface area contributed by atoms with E-state index in [1.807, 2.05) is 0 Å². The predicted octanol–water partition coefficient (Wildman–Crippen LogP) is -5.54. The molecule has 0 radical (unpaired) electrons. The molecule has 0 aromatic heterocycles. The highest BCUT2D eigenvalue weighted by Crippen LogP contribution is 2.27. The average Bonchev–Trinajstić information content (AvgIpc) is 3.21. The Balaban J connectivity index is 1.87. The summed E-state index contributed by atoms with van der Waals surface area (Å²) >= 11 is 0. The Labute approximate surface area is 194 Å². The first kappa shape index (κ1) is 25.4. The van der Waals surface area contributed by atoms with E-state index in [1.54, 1.807) is 7.05 Å². The van der Waals surface area contributed by atoms with E-state index in [0.717, 1.165) is 11.2 Å². The minimum absolute atomic E-state index is 0.0756. The number of primary amides is 1. The van der Waals surface area contributed by atoms with Crippen molar-refractivity contribution in [2.45, 2.75) is 48.8 Å². The Kier molecular flexibility index (Phi) is 7.75. The van der Waals surface area contributed by atoms with E-state index in [0.29, 0.717) is 0 Å². The predicted molar refractivity (Wildman–Crippen MR) is 115 cm³/mol. The molecule has 3 aliphatic heterocycles. The Morgan fingerprint density at radius 3 is 2.79 bits per heavy atom. The van der Waals surface area contributed by atoms with Gasteiger partial charge < -0.3 is 56.7 Å². The number of likely N-dealkylation sites (tertiary alicyclic amines) is 1. The molecule has 0 aromatic rings. The molecule has 0 aromatic carbocycles. The van der Waals surface area contributed by atoms with Crippen LogP contribution in [0.3, 0.4) is 0 Å². The molecule has 3 heterocycles. The Morgan fingerprint density at radius 1 is 1.47 bits per heavy atom. The number of amides is 3. The normalized spacial score (nSPS) is 35.4. The number of hydrogen-bond donors (Lipinski definition) is 7. The highest BCUT2D eigenvalue weighted by molar-refractivity contribution is 5.92. The molecule has 8 atom stereocenters. The molecule has 3 rings (SSSR count). The number of aliphatic imine (C=N–C) groups is 2. The monoisotopic (exact) mass is 486 g/mol. The van der Waals surface area contributed by atoms with Crippen LogP contribution in [0, 0.1) is 0 Å². The van der Waals surface area contributed by atoms with Crippen LogP contribution in [0.2, 0.25) is 0 Å². The van der Waals surface area contributed by atoms with Gasteiger partial charge in [-0.1, -0.05) is 0 Å². The minimum atomic E-state index is -1.55. The number of rotatable bonds is 6. The van der Waals surface area contributed by atoms with E-state index in [4.69, 9.17) is 20.9 Å². The van der Waals surface area contributed by atoms with Crippen LogP contribution in [-0.4, -0.2) is 138 Å². The summed E-state index contributed by atoms with van der Waals surface area (Å²) in [5.41, 5.74) is 10.3. The number of carbonyl (C=O) groups excluding carboxylic acids is 3. The number of nitrogens with two attached hydrogens (primary N) is 2. The van der Waals surface area contributed by atoms with E-state index >= 15 is 0 Å². The maximum atomic E-state index is 12.6. The Hall–Kier alpha value is -3.21. The number of aliphatic hydroxyl groups is 3. The van der Waals surface area contributed by atoms with Crippen molar-refractivity contribution in [1.29, 1.82) is 0 Å². The number of nitrogens with zero attached hydrogens (tertiary/aromatic N) is 4. The van der Waals surface area contributed by atoms with Gasteiger partial charge in [0.1, 0.15) is 24.8 Å². The minimum Gasteiger partial charge on any atom is -0.441 e. The van der Waals surface area contributed by atoms with Gasteiger partial charge in [-0.3, -0.25) is 14.6 Å². The van der Waals surface area contributed by atoms with Gasteiger partial charge in [-0.15, -0.1) is 0 Å². The van der Waals surface area contributed by atoms with Crippen LogP contribution in [0.4, 0.5) is 4.79 Å². The number of nitrogens with one attached hydrogen (secondary N) is 2. The van der Waals surface area contributed by atoms with Gasteiger partial charge >= 0.3 is 6.09 Å². The van der Waals surface area contributed by atoms with Crippen molar-refractivity contribution < 1.29 is 39.2 Å². The third kappa shape index (κ3) is 4.98. The molecule has 0 aliphatic carbocycles. The van der Waals surface area contributed by atoms with Crippen LogP contribution >= 0.6 is 0 Å². The zero-order valence-electron chi connectivity index (χ0n) is 18.6. The van der Waals surface area contributed by atoms with Crippen LogP contribution in [0.15, 0.2) is 9.98 Å². The fourth-order valence-corrected chi connectivity index (χ4v) is 4.26. The highest BCUT2D eigenvalue weighted by Gasteiger charge is 2.51. The van der Waals surface area contributed by atoms with Gasteiger partial charge in [0.05, 0.1) is 25.1 Å². The fraction of sp³-hybridized carbons (Fsp3) is 0.722. The number of carbonyl (C=O) groups is 3. The smallest absolute Gasteiger partial charge is 0.404 e. The topological polar surface area (TPSA) is 238 Å². The number of likely N-dealkylation sites (N-methyl/N-ethyl adjacent to an activating group) is 2. The van der Waals surface area contributed by atoms with Gasteiger partial charge in [-0.2, -0.15) is 0 Å². The van der Waals surface area contributed by atoms with Crippen molar-refractivity contribution in [3.63, 3.8) is 0 Å². The fourth-order valence-electron chi connectivity index (χ4n) is 4.26. The number of aliphatic hydroxyl groups excluding tert-OH is 3. The van der Waals surface area contributed by atoms with Crippen molar-refractivity contribution in [3.05, 3.63) is 0 Å². The Morgan fingerprint density at radius 2 is 2.18 bits per heavy atom. The second kappa shape index (κ2) is 10.4. The first-order valence-electron chi connectivity index (χ1n) is 10.5. The summed E-state index contributed by atoms with van der Waals surface area (Å²) in [7, 11) is 2.92. The maximum Gasteiger partial charge on any atom is 0.404 e. The van der Waals surface area contributed by atoms with Crippen molar-refractivity contribution in [1.82, 2.24) is 20.4 Å². The number of hydrogen-bond acceptors (Lipinski definition) is 12. The number of ether oxygens (including phenoxy) is 2. The van der Waals surface area contributed by atoms with E-state index < -0.39 is 67.4 Å². The zero-order valence-corrected chi connectivity index (χ0v) is 18.6. The van der Waals surface area contributed by atoms with Crippen molar-refractivity contribution in [2.24, 2.45) is 21.5 Å². The molecule has 0 unspecified atom stereocenters. The SMILES string of the molecule is CN1C[C@@H](O)[C@H]2NC(N[C@@H]3O[C@H](CO)[C@@H](OC(N)=O)[C@H](O)[C@H]3N(C)C(=O)CN=CN)=N[C@@H]2C1=O. The average molecular weight is 486 g/mol. The third-order valence-corrected chi connectivity index (χ3v) is 5.98. The first-order chi connectivity index (χ1) is 16.1. The summed E-state index contributed by atoms with van der Waals surface area (Å²) in [5.74, 6) is -0.772. The molecule has 2 fully saturated rings. The molecule has 9 N–H and O–H groups in total. The van der Waals surface area contributed by atoms with Crippen LogP contribution in [0.5, 0.6) is 0 Å². The molecule has 3 aliphatic rings. The van der Waals surface area contributed by atoms with Gasteiger partial charge in [-0.05, 0) is 0 Å². The molecular formula is C18H30N8O8. The third-order valence-electron chi connectivity index (χ3n) is 5.98. The highest BCUT2D eigenvalue weighted by atomic mass is 16.6. The van der Waals surface area contributed by atoms with Gasteiger partial charge in [-0.25, -0.2) is 9.79 Å². The molecule has 34 heavy (non-hydrogen) atoms. The molecule has 16 heteroatoms. The first-order valence-corrected chi connectivity index (χ1v) is 10.5. The van der Waals surface area contributed by atoms with E-state index in [1.165, 1.54) is 11.9 Å². The van der Waals surface area contributed by atoms with Gasteiger partial charge in [0.15, 0.2) is 24.3 Å². The summed E-state index contributed by atoms with van der Waals surface area (Å²) in [4.78, 5) is 46.8. The summed E-state index contributed by atoms with van der Waals surface area (Å²) in [6.45, 7) is -0.860. The quantitative estimate of drug-likeness (QED) is 0.138. The Bertz CT molecular complexity index is 856. The second-order valence-corrected chi connectivity index (χ2v) is 8.18. The van der Waals surface area contributed by atoms with Crippen molar-refractivity contribution in [3.8, 4) is 0 Å². The van der Waals surface area contributed by atoms with E-state index in [-0.39, 0.29) is 25.0 Å². The van der Waals surface area contributed by atoms with Crippen molar-refractivity contribution in [2.75, 3.05) is 33.8 Å². The lowest BCUT2D eigenvalue weighted by Crippen LogP contribution is -2.70. The van der Waals surface area contributed by atoms with Gasteiger partial charge in [0, 0.05) is 20.6 Å². The molecular weight excluding hydrogens is 456 g/mol. The lowest BCUT2D eigenvalue weighted by molar-refractivity contribution is -0.214. The molecule has 16 nitrogen and oxygen atoms in total. The lowest BCUT2D eigenvalue weighted by Gasteiger charge is -2.46. The molecule has 0 saturated carbocycles. The molecule has 0 spiro atoms. The largest absolute Gasteiger partial charge is 0.441 e. The molecule has 3 amide bonds. The lowest BCUT2D eigenvalue weighted by atomic mass is 9.94. The molecule has 0 bridgehead atoms. The number of fused-ring (bicyclic) bond motifs is 1. The zero-order chi connectivity index (χ0) is 25.2. The van der Waals surface area contributed by atoms with Crippen LogP contribution in [-0.2, 0) is 19.1 Å². The van der Waals surface area contributed by atoms with Crippen LogP contribution < -0.4 is 22.1 Å². The van der Waals surface area contributed by atoms with Crippen LogP contribution in [0.1, 0.15) is 0 Å². The van der Waals surface area contributed by atoms with Crippen molar-refractivity contribution >= 4 is 30.2 Å². The summed E-state index contributed by atoms with van der Waals surface area (Å²) in [5, 5.41) is 36.9. The molecule has 190 valence electrons. The van der Waals surface area contributed by atoms with E-state index in [9.17, 15) is 29.7 Å². The van der Waals surface area contributed by atoms with Crippen LogP contribution in [0.25, 0.3) is 0 Å². The number of guanidine groups is 1.